The third kappa shape index (κ3) is 5.35. The first-order valence-electron chi connectivity index (χ1n) is 8.57. The fourth-order valence-electron chi connectivity index (χ4n) is 2.78. The highest BCUT2D eigenvalue weighted by molar-refractivity contribution is 7.92. The summed E-state index contributed by atoms with van der Waals surface area (Å²) in [6.45, 7) is 0.128. The molecule has 0 radical (unpaired) electrons. The van der Waals surface area contributed by atoms with Crippen LogP contribution in [0.15, 0.2) is 48.8 Å². The van der Waals surface area contributed by atoms with Crippen LogP contribution >= 0.6 is 11.6 Å². The van der Waals surface area contributed by atoms with Crippen molar-refractivity contribution in [2.45, 2.75) is 6.61 Å². The summed E-state index contributed by atoms with van der Waals surface area (Å²) in [7, 11) is -2.04. The number of ether oxygens (including phenoxy) is 1. The Hall–Kier alpha value is -2.95. The van der Waals surface area contributed by atoms with Gasteiger partial charge in [-0.25, -0.2) is 17.8 Å². The van der Waals surface area contributed by atoms with Gasteiger partial charge in [0.25, 0.3) is 5.91 Å². The zero-order valence-corrected chi connectivity index (χ0v) is 17.6. The third-order valence-electron chi connectivity index (χ3n) is 3.88. The zero-order valence-electron chi connectivity index (χ0n) is 16.0. The van der Waals surface area contributed by atoms with Crippen molar-refractivity contribution >= 4 is 38.9 Å². The Morgan fingerprint density at radius 1 is 1.27 bits per heavy atom. The van der Waals surface area contributed by atoms with Crippen molar-refractivity contribution in [3.8, 4) is 5.82 Å². The summed E-state index contributed by atoms with van der Waals surface area (Å²) < 4.78 is 45.9. The van der Waals surface area contributed by atoms with Crippen LogP contribution in [0, 0.1) is 5.82 Å². The van der Waals surface area contributed by atoms with E-state index in [4.69, 9.17) is 16.3 Å². The van der Waals surface area contributed by atoms with Crippen molar-refractivity contribution in [3.63, 3.8) is 0 Å². The number of amides is 1. The lowest BCUT2D eigenvalue weighted by Crippen LogP contribution is -2.13. The number of anilines is 2. The van der Waals surface area contributed by atoms with E-state index in [0.717, 1.165) is 6.26 Å². The highest BCUT2D eigenvalue weighted by atomic mass is 35.5. The second-order valence-electron chi connectivity index (χ2n) is 6.39. The van der Waals surface area contributed by atoms with E-state index >= 15 is 0 Å². The Balaban J connectivity index is 1.91. The maximum atomic E-state index is 14.2. The zero-order chi connectivity index (χ0) is 21.9. The lowest BCUT2D eigenvalue weighted by Gasteiger charge is -2.09. The number of hydrogen-bond donors (Lipinski definition) is 2. The predicted octanol–water partition coefficient (Wildman–Crippen LogP) is 3.44. The van der Waals surface area contributed by atoms with Crippen LogP contribution in [0.2, 0.25) is 5.02 Å². The van der Waals surface area contributed by atoms with Crippen LogP contribution in [-0.2, 0) is 21.4 Å². The minimum atomic E-state index is -3.52. The molecular formula is C19H18ClFN4O4S. The number of carbonyl (C=O) groups is 1. The average Bonchev–Trinajstić information content (AvgIpc) is 3.04. The number of nitrogens with zero attached hydrogens (tertiary/aromatic N) is 2. The van der Waals surface area contributed by atoms with E-state index in [1.54, 1.807) is 6.07 Å². The molecule has 30 heavy (non-hydrogen) atoms. The fraction of sp³-hybridized carbons (Fsp3) is 0.158. The van der Waals surface area contributed by atoms with Gasteiger partial charge in [0.15, 0.2) is 11.6 Å². The van der Waals surface area contributed by atoms with Crippen LogP contribution in [0.4, 0.5) is 15.8 Å². The van der Waals surface area contributed by atoms with Crippen LogP contribution in [-0.4, -0.2) is 37.2 Å². The second kappa shape index (κ2) is 8.82. The Kier molecular flexibility index (Phi) is 6.40. The molecule has 0 aliphatic heterocycles. The van der Waals surface area contributed by atoms with E-state index in [2.05, 4.69) is 15.0 Å². The topological polar surface area (TPSA) is 102 Å². The molecule has 3 rings (SSSR count). The summed E-state index contributed by atoms with van der Waals surface area (Å²) >= 11 is 6.02. The molecule has 158 valence electrons. The lowest BCUT2D eigenvalue weighted by atomic mass is 10.2. The summed E-state index contributed by atoms with van der Waals surface area (Å²) in [4.78, 5) is 16.8. The number of benzene rings is 1. The molecule has 0 aliphatic carbocycles. The Bertz CT molecular complexity index is 1200. The SMILES string of the molecule is COCc1cc(C(=O)Nc2cc(Cl)cc(NS(C)(=O)=O)c2)cn1-c1ncccc1F. The minimum Gasteiger partial charge on any atom is -0.378 e. The van der Waals surface area contributed by atoms with Crippen molar-refractivity contribution in [3.05, 3.63) is 70.9 Å². The van der Waals surface area contributed by atoms with Gasteiger partial charge in [0.05, 0.1) is 29.8 Å². The van der Waals surface area contributed by atoms with E-state index < -0.39 is 21.7 Å². The van der Waals surface area contributed by atoms with Crippen molar-refractivity contribution in [2.75, 3.05) is 23.4 Å². The van der Waals surface area contributed by atoms with E-state index in [0.29, 0.717) is 5.69 Å². The number of halogens is 2. The highest BCUT2D eigenvalue weighted by Crippen LogP contribution is 2.24. The number of nitrogens with one attached hydrogen (secondary N) is 2. The molecule has 1 amide bonds. The van der Waals surface area contributed by atoms with Crippen molar-refractivity contribution in [1.29, 1.82) is 0 Å². The van der Waals surface area contributed by atoms with Crippen molar-refractivity contribution < 1.29 is 22.3 Å². The molecule has 3 aromatic rings. The lowest BCUT2D eigenvalue weighted by molar-refractivity contribution is 0.102. The number of sulfonamides is 1. The van der Waals surface area contributed by atoms with Gasteiger partial charge in [-0.3, -0.25) is 14.1 Å². The molecule has 0 saturated heterocycles. The minimum absolute atomic E-state index is 0.0333. The molecule has 0 bridgehead atoms. The van der Waals surface area contributed by atoms with Crippen molar-refractivity contribution in [2.24, 2.45) is 0 Å². The summed E-state index contributed by atoms with van der Waals surface area (Å²) in [5.74, 6) is -1.02. The van der Waals surface area contributed by atoms with Crippen LogP contribution in [0.1, 0.15) is 16.1 Å². The monoisotopic (exact) mass is 452 g/mol. The van der Waals surface area contributed by atoms with Crippen molar-refractivity contribution in [1.82, 2.24) is 9.55 Å². The smallest absolute Gasteiger partial charge is 0.257 e. The molecule has 0 atom stereocenters. The Morgan fingerprint density at radius 2 is 2.00 bits per heavy atom. The molecule has 8 nitrogen and oxygen atoms in total. The van der Waals surface area contributed by atoms with Gasteiger partial charge < -0.3 is 10.1 Å². The first-order valence-corrected chi connectivity index (χ1v) is 10.8. The van der Waals surface area contributed by atoms with Crippen LogP contribution in [0.5, 0.6) is 0 Å². The third-order valence-corrected chi connectivity index (χ3v) is 4.70. The van der Waals surface area contributed by atoms with Crippen LogP contribution in [0.3, 0.4) is 0 Å². The Labute approximate surface area is 177 Å². The quantitative estimate of drug-likeness (QED) is 0.571. The average molecular weight is 453 g/mol. The number of hydrogen-bond acceptors (Lipinski definition) is 5. The first kappa shape index (κ1) is 21.8. The van der Waals surface area contributed by atoms with Gasteiger partial charge in [0, 0.05) is 30.2 Å². The van der Waals surface area contributed by atoms with Gasteiger partial charge in [-0.1, -0.05) is 11.6 Å². The number of methoxy groups -OCH3 is 1. The summed E-state index contributed by atoms with van der Waals surface area (Å²) in [6.07, 6.45) is 3.88. The molecule has 0 aliphatic rings. The summed E-state index contributed by atoms with van der Waals surface area (Å²) in [6, 6.07) is 8.59. The molecule has 0 spiro atoms. The number of pyridine rings is 1. The van der Waals surface area contributed by atoms with Gasteiger partial charge in [0.2, 0.25) is 10.0 Å². The Morgan fingerprint density at radius 3 is 2.67 bits per heavy atom. The normalized spacial score (nSPS) is 11.3. The summed E-state index contributed by atoms with van der Waals surface area (Å²) in [5, 5.41) is 2.88. The number of carbonyl (C=O) groups excluding carboxylic acids is 1. The molecule has 0 saturated carbocycles. The van der Waals surface area contributed by atoms with Crippen LogP contribution in [0.25, 0.3) is 5.82 Å². The molecular weight excluding hydrogens is 435 g/mol. The van der Waals surface area contributed by atoms with Gasteiger partial charge in [-0.05, 0) is 36.4 Å². The fourth-order valence-corrected chi connectivity index (χ4v) is 3.56. The van der Waals surface area contributed by atoms with E-state index in [-0.39, 0.29) is 34.4 Å². The molecule has 0 fully saturated rings. The molecule has 11 heteroatoms. The predicted molar refractivity (Wildman–Crippen MR) is 112 cm³/mol. The van der Waals surface area contributed by atoms with E-state index in [1.165, 1.54) is 54.4 Å². The molecule has 2 heterocycles. The maximum absolute atomic E-state index is 14.2. The highest BCUT2D eigenvalue weighted by Gasteiger charge is 2.17. The standard InChI is InChI=1S/C19H18ClFN4O4S/c1-29-11-16-6-12(10-25(16)18-17(21)4-3-5-22-18)19(26)23-14-7-13(20)8-15(9-14)24-30(2,27)28/h3-10,24H,11H2,1-2H3,(H,23,26). The molecule has 1 aromatic carbocycles. The molecule has 0 unspecified atom stereocenters. The first-order chi connectivity index (χ1) is 14.2. The maximum Gasteiger partial charge on any atom is 0.257 e. The van der Waals surface area contributed by atoms with Gasteiger partial charge in [-0.15, -0.1) is 0 Å². The second-order valence-corrected chi connectivity index (χ2v) is 8.57. The van der Waals surface area contributed by atoms with Gasteiger partial charge in [0.1, 0.15) is 0 Å². The number of rotatable bonds is 7. The van der Waals surface area contributed by atoms with Gasteiger partial charge >= 0.3 is 0 Å². The number of aromatic nitrogens is 2. The van der Waals surface area contributed by atoms with Gasteiger partial charge in [-0.2, -0.15) is 0 Å². The van der Waals surface area contributed by atoms with Crippen LogP contribution < -0.4 is 10.0 Å². The van der Waals surface area contributed by atoms with E-state index in [9.17, 15) is 17.6 Å². The summed E-state index contributed by atoms with van der Waals surface area (Å²) in [5.41, 5.74) is 1.23. The molecule has 2 N–H and O–H groups in total. The largest absolute Gasteiger partial charge is 0.378 e. The molecule has 2 aromatic heterocycles. The van der Waals surface area contributed by atoms with E-state index in [1.807, 2.05) is 0 Å².